The number of aliphatic hydroxyl groups is 3. The number of primary amides is 2. The molecule has 129 heavy (non-hydrogen) atoms. The number of hydrogen-bond acceptors (Lipinski definition) is 24. The van der Waals surface area contributed by atoms with E-state index < -0.39 is 93.6 Å². The lowest BCUT2D eigenvalue weighted by Crippen LogP contribution is -2.40. The molecule has 0 bridgehead atoms. The van der Waals surface area contributed by atoms with Crippen molar-refractivity contribution in [2.45, 2.75) is 204 Å². The highest BCUT2D eigenvalue weighted by Gasteiger charge is 2.37. The molecular weight excluding hydrogens is 1740 g/mol. The van der Waals surface area contributed by atoms with Gasteiger partial charge in [-0.25, -0.2) is 42.5 Å². The van der Waals surface area contributed by atoms with Crippen LogP contribution in [0.1, 0.15) is 222 Å². The molecule has 3 saturated carbocycles. The fourth-order valence-electron chi connectivity index (χ4n) is 12.9. The second-order valence-corrected chi connectivity index (χ2v) is 35.2. The molecule has 6 aromatic carbocycles. The number of carbonyl (C=O) groups excluding carboxylic acids is 8. The van der Waals surface area contributed by atoms with Crippen molar-refractivity contribution in [1.29, 1.82) is 0 Å². The summed E-state index contributed by atoms with van der Waals surface area (Å²) in [6.45, 7) is 14.5. The number of rotatable bonds is 35. The van der Waals surface area contributed by atoms with Gasteiger partial charge in [0.15, 0.2) is 57.9 Å². The smallest absolute Gasteiger partial charge is 0.408 e. The molecule has 4 amide bonds. The second kappa shape index (κ2) is 42.1. The highest BCUT2D eigenvalue weighted by atomic mass is 35.5. The van der Waals surface area contributed by atoms with Crippen molar-refractivity contribution in [3.63, 3.8) is 0 Å². The Balaban J connectivity index is 0.000000202. The van der Waals surface area contributed by atoms with E-state index in [1.54, 1.807) is 96.1 Å². The van der Waals surface area contributed by atoms with Gasteiger partial charge in [0, 0.05) is 52.6 Å². The number of halogens is 6. The van der Waals surface area contributed by atoms with Crippen molar-refractivity contribution in [3.05, 3.63) is 229 Å². The molecule has 3 fully saturated rings. The van der Waals surface area contributed by atoms with Crippen LogP contribution in [0.5, 0.6) is 34.5 Å². The quantitative estimate of drug-likeness (QED) is 0.0104. The van der Waals surface area contributed by atoms with E-state index in [0.29, 0.717) is 79.1 Å². The lowest BCUT2D eigenvalue weighted by Gasteiger charge is -2.26. The molecule has 686 valence electrons. The molecule has 0 radical (unpaired) electrons. The Hall–Kier alpha value is -12.0. The summed E-state index contributed by atoms with van der Waals surface area (Å²) < 4.78 is 91.0. The molecule has 9 aromatic rings. The van der Waals surface area contributed by atoms with E-state index in [1.807, 2.05) is 0 Å². The Labute approximate surface area is 759 Å². The van der Waals surface area contributed by atoms with Crippen LogP contribution in [0, 0.1) is 17.5 Å². The minimum atomic E-state index is -1.70. The van der Waals surface area contributed by atoms with E-state index >= 15 is 0 Å². The highest BCUT2D eigenvalue weighted by Crippen LogP contribution is 2.42. The van der Waals surface area contributed by atoms with Crippen LogP contribution >= 0.6 is 34.8 Å². The number of nitrogens with two attached hydrogens (primary N) is 3. The zero-order chi connectivity index (χ0) is 94.5. The van der Waals surface area contributed by atoms with Crippen molar-refractivity contribution in [2.75, 3.05) is 28.4 Å². The zero-order valence-electron chi connectivity index (χ0n) is 73.4. The average molecular weight is 1840 g/mol. The number of ether oxygens (including phenoxy) is 9. The van der Waals surface area contributed by atoms with E-state index in [9.17, 15) is 66.8 Å². The number of pyridine rings is 3. The Morgan fingerprint density at radius 2 is 0.705 bits per heavy atom. The maximum Gasteiger partial charge on any atom is 0.408 e. The van der Waals surface area contributed by atoms with Gasteiger partial charge in [-0.1, -0.05) is 34.8 Å². The highest BCUT2D eigenvalue weighted by molar-refractivity contribution is 6.31. The van der Waals surface area contributed by atoms with Crippen LogP contribution in [-0.4, -0.2) is 136 Å². The van der Waals surface area contributed by atoms with Gasteiger partial charge >= 0.3 is 18.2 Å². The first-order chi connectivity index (χ1) is 60.6. The number of Topliss-reactive ketones (excluding diaryl/α,β-unsaturated/α-hetero) is 3. The summed E-state index contributed by atoms with van der Waals surface area (Å²) in [5.74, 6) is -2.07. The van der Waals surface area contributed by atoms with Crippen molar-refractivity contribution in [2.24, 2.45) is 17.2 Å². The Kier molecular flexibility index (Phi) is 32.4. The average Bonchev–Trinajstić information content (AvgIpc) is 1.77. The van der Waals surface area contributed by atoms with E-state index in [-0.39, 0.29) is 129 Å². The standard InChI is InChI=1S/C34H38ClFN2O8.C33H37ClFN3O7.C28H29ClFN3O5/c1-33(2,3)46-32(41)38-30(31(40)44-6)21-16-25(19-7-11-24(36)23(35)15-19)37-29(18-21)34(4,42)14-13-26(39)20-8-12-27(28(17-20)43-5)45-22-9-10-22;1-32(2,3)45-31(41)38-29(30(36)40)20-15-24(18-6-10-23(35)22(34)14-18)37-28(17-20)33(4,42)13-12-25(39)19-7-11-26(27(16-19)43-5)44-21-8-9-21;1-28(36,10-9-22(34)16-4-8-23(24(13-16)37-2)38-18-5-6-18)25-14-17(26(31)27(32)35)12-21(33-25)15-3-7-20(30)19(29)11-15/h7-8,11-12,15-18,22,30,42H,9-10,13-14H2,1-6H3,(H,38,41);6-7,10-11,14-17,21,29,42H,8-9,12-13H2,1-5H3,(H2,36,40)(H,38,41);3-4,7-8,11-14,18,26,36H,5-6,9-10,31H2,1-2H3,(H2,32,35). The second-order valence-electron chi connectivity index (χ2n) is 34.0. The van der Waals surface area contributed by atoms with E-state index in [4.69, 9.17) is 94.6 Å². The molecule has 11 N–H and O–H groups in total. The predicted molar refractivity (Wildman–Crippen MR) is 475 cm³/mol. The number of methoxy groups -OCH3 is 4. The number of alkyl carbamates (subject to hydrolysis) is 2. The summed E-state index contributed by atoms with van der Waals surface area (Å²) in [5, 5.41) is 39.2. The molecule has 6 unspecified atom stereocenters. The molecule has 3 aliphatic carbocycles. The van der Waals surface area contributed by atoms with Gasteiger partial charge in [-0.2, -0.15) is 0 Å². The Morgan fingerprint density at radius 1 is 0.411 bits per heavy atom. The third-order valence-electron chi connectivity index (χ3n) is 20.6. The molecule has 3 aromatic heterocycles. The Morgan fingerprint density at radius 3 is 0.977 bits per heavy atom. The molecule has 3 aliphatic rings. The van der Waals surface area contributed by atoms with Crippen molar-refractivity contribution >= 4 is 82.1 Å². The van der Waals surface area contributed by atoms with Gasteiger partial charge < -0.3 is 85.8 Å². The van der Waals surface area contributed by atoms with Crippen LogP contribution in [0.3, 0.4) is 0 Å². The third kappa shape index (κ3) is 27.8. The topological polar surface area (TPSA) is 421 Å². The largest absolute Gasteiger partial charge is 0.493 e. The lowest BCUT2D eigenvalue weighted by molar-refractivity contribution is -0.143. The molecule has 12 rings (SSSR count). The maximum absolute atomic E-state index is 14.0. The zero-order valence-corrected chi connectivity index (χ0v) is 75.7. The van der Waals surface area contributed by atoms with Crippen molar-refractivity contribution in [3.8, 4) is 68.3 Å². The monoisotopic (exact) mass is 1840 g/mol. The summed E-state index contributed by atoms with van der Waals surface area (Å²) in [7, 11) is 5.67. The predicted octanol–water partition coefficient (Wildman–Crippen LogP) is 17.2. The molecule has 0 spiro atoms. The van der Waals surface area contributed by atoms with Crippen LogP contribution in [0.15, 0.2) is 146 Å². The van der Waals surface area contributed by atoms with Gasteiger partial charge in [0.05, 0.1) is 96.0 Å². The van der Waals surface area contributed by atoms with E-state index in [0.717, 1.165) is 57.8 Å². The number of carbonyl (C=O) groups is 8. The molecule has 34 heteroatoms. The number of benzene rings is 6. The fourth-order valence-corrected chi connectivity index (χ4v) is 13.5. The third-order valence-corrected chi connectivity index (χ3v) is 21.5. The van der Waals surface area contributed by atoms with Crippen LogP contribution in [-0.2, 0) is 45.4 Å². The van der Waals surface area contributed by atoms with E-state index in [2.05, 4.69) is 25.6 Å². The lowest BCUT2D eigenvalue weighted by atomic mass is 9.90. The summed E-state index contributed by atoms with van der Waals surface area (Å²) in [6, 6.07) is 31.7. The first kappa shape index (κ1) is 99.2. The SMILES string of the molecule is COC(=O)C(NC(=O)OC(C)(C)C)c1cc(-c2ccc(F)c(Cl)c2)nc(C(C)(O)CCC(=O)c2ccc(OC3CC3)c(OC)c2)c1.COc1cc(C(=O)CCC(C)(O)c2cc(C(N)C(N)=O)cc(-c3ccc(F)c(Cl)c3)n2)ccc1OC1CC1.COc1cc(C(=O)CCC(C)(O)c2cc(C(NC(=O)OC(C)(C)C)C(N)=O)cc(-c3ccc(F)c(Cl)c3)n2)ccc1OC1CC1. The molecule has 6 atom stereocenters. The number of nitrogens with zero attached hydrogens (tertiary/aromatic N) is 3. The van der Waals surface area contributed by atoms with Crippen molar-refractivity contribution < 1.29 is 109 Å². The maximum atomic E-state index is 14.0. The van der Waals surface area contributed by atoms with Gasteiger partial charge in [-0.05, 0) is 282 Å². The number of amides is 4. The minimum absolute atomic E-state index is 0.00945. The van der Waals surface area contributed by atoms with Gasteiger partial charge in [-0.3, -0.25) is 24.0 Å². The van der Waals surface area contributed by atoms with Gasteiger partial charge in [-0.15, -0.1) is 0 Å². The first-order valence-corrected chi connectivity index (χ1v) is 42.4. The molecule has 0 saturated heterocycles. The molecular formula is C95H104Cl3F3N8O20. The number of aromatic nitrogens is 3. The summed E-state index contributed by atoms with van der Waals surface area (Å²) in [5.41, 5.74) is 14.5. The van der Waals surface area contributed by atoms with Gasteiger partial charge in [0.25, 0.3) is 0 Å². The molecule has 3 heterocycles. The van der Waals surface area contributed by atoms with Gasteiger partial charge in [0.2, 0.25) is 11.8 Å². The number of hydrogen-bond donors (Lipinski definition) is 8. The Bertz CT molecular complexity index is 5680. The number of esters is 1. The molecule has 28 nitrogen and oxygen atoms in total. The van der Waals surface area contributed by atoms with Crippen LogP contribution < -0.4 is 56.3 Å². The number of ketones is 3. The normalized spacial score (nSPS) is 15.1. The fraction of sp³-hybridized carbons (Fsp3) is 0.379. The van der Waals surface area contributed by atoms with Crippen molar-refractivity contribution in [1.82, 2.24) is 25.6 Å². The first-order valence-electron chi connectivity index (χ1n) is 41.3. The van der Waals surface area contributed by atoms with Crippen LogP contribution in [0.4, 0.5) is 22.8 Å². The molecule has 0 aliphatic heterocycles. The summed E-state index contributed by atoms with van der Waals surface area (Å²) in [4.78, 5) is 116. The van der Waals surface area contributed by atoms with Gasteiger partial charge in [0.1, 0.15) is 57.5 Å². The minimum Gasteiger partial charge on any atom is -0.493 e. The van der Waals surface area contributed by atoms with Crippen LogP contribution in [0.2, 0.25) is 15.1 Å². The summed E-state index contributed by atoms with van der Waals surface area (Å²) in [6.07, 6.45) is 4.35. The van der Waals surface area contributed by atoms with E-state index in [1.165, 1.54) is 121 Å². The van der Waals surface area contributed by atoms with Crippen LogP contribution in [0.25, 0.3) is 33.8 Å². The summed E-state index contributed by atoms with van der Waals surface area (Å²) >= 11 is 18.0. The number of nitrogens with one attached hydrogen (secondary N) is 2.